The van der Waals surface area contributed by atoms with E-state index in [4.69, 9.17) is 11.6 Å². The van der Waals surface area contributed by atoms with Crippen molar-refractivity contribution in [1.29, 1.82) is 0 Å². The molecule has 21 heavy (non-hydrogen) atoms. The zero-order valence-electron chi connectivity index (χ0n) is 10.9. The highest BCUT2D eigenvalue weighted by Gasteiger charge is 2.35. The molecule has 0 amide bonds. The van der Waals surface area contributed by atoms with E-state index >= 15 is 0 Å². The number of hydrogen-bond acceptors (Lipinski definition) is 1. The summed E-state index contributed by atoms with van der Waals surface area (Å²) in [7, 11) is 0. The van der Waals surface area contributed by atoms with Crippen molar-refractivity contribution in [2.24, 2.45) is 0 Å². The maximum atomic E-state index is 12.6. The van der Waals surface area contributed by atoms with Crippen LogP contribution < -0.4 is 9.30 Å². The molecule has 1 aromatic carbocycles. The molecule has 3 rings (SSSR count). The molecule has 1 aliphatic heterocycles. The summed E-state index contributed by atoms with van der Waals surface area (Å²) >= 11 is 9.70. The van der Waals surface area contributed by atoms with E-state index in [1.54, 1.807) is 12.1 Å². The molecule has 2 nitrogen and oxygen atoms in total. The first-order valence-electron chi connectivity index (χ1n) is 6.48. The van der Waals surface area contributed by atoms with Crippen molar-refractivity contribution in [1.82, 2.24) is 0 Å². The van der Waals surface area contributed by atoms with Gasteiger partial charge < -0.3 is 4.74 Å². The van der Waals surface area contributed by atoms with Gasteiger partial charge in [0.1, 0.15) is 12.3 Å². The molecular formula is C15H12BrClF2NO+. The molecule has 0 spiro atoms. The van der Waals surface area contributed by atoms with Crippen LogP contribution in [-0.2, 0) is 6.54 Å². The lowest BCUT2D eigenvalue weighted by Gasteiger charge is -2.15. The quantitative estimate of drug-likeness (QED) is 0.719. The summed E-state index contributed by atoms with van der Waals surface area (Å²) in [5.41, 5.74) is 1.67. The summed E-state index contributed by atoms with van der Waals surface area (Å²) in [5.74, 6) is 0.0980. The monoisotopic (exact) mass is 374 g/mol. The Morgan fingerprint density at radius 3 is 2.90 bits per heavy atom. The molecule has 0 saturated heterocycles. The lowest BCUT2D eigenvalue weighted by molar-refractivity contribution is -0.691. The first kappa shape index (κ1) is 14.7. The molecule has 0 radical (unpaired) electrons. The number of alkyl halides is 2. The summed E-state index contributed by atoms with van der Waals surface area (Å²) in [6.07, 6.45) is 2.78. The molecule has 2 aromatic rings. The van der Waals surface area contributed by atoms with Crippen LogP contribution in [0.4, 0.5) is 8.78 Å². The predicted octanol–water partition coefficient (Wildman–Crippen LogP) is 4.53. The molecule has 1 aromatic heterocycles. The van der Waals surface area contributed by atoms with Crippen LogP contribution in [0.15, 0.2) is 41.0 Å². The van der Waals surface area contributed by atoms with Crippen LogP contribution in [0.2, 0.25) is 5.02 Å². The van der Waals surface area contributed by atoms with E-state index in [0.717, 1.165) is 23.1 Å². The summed E-state index contributed by atoms with van der Waals surface area (Å²) in [5, 5.41) is 0.451. The summed E-state index contributed by atoms with van der Waals surface area (Å²) in [6.45, 7) is -2.04. The molecule has 6 heteroatoms. The van der Waals surface area contributed by atoms with Crippen LogP contribution >= 0.6 is 27.5 Å². The highest BCUT2D eigenvalue weighted by molar-refractivity contribution is 9.10. The molecule has 2 heterocycles. The van der Waals surface area contributed by atoms with Gasteiger partial charge in [0.2, 0.25) is 0 Å². The van der Waals surface area contributed by atoms with Gasteiger partial charge in [-0.25, -0.2) is 4.57 Å². The summed E-state index contributed by atoms with van der Waals surface area (Å²) in [4.78, 5) is 0. The number of halogens is 4. The van der Waals surface area contributed by atoms with Crippen LogP contribution in [0, 0.1) is 0 Å². The number of rotatable bonds is 3. The van der Waals surface area contributed by atoms with Gasteiger partial charge in [-0.1, -0.05) is 33.6 Å². The van der Waals surface area contributed by atoms with Gasteiger partial charge in [-0.05, 0) is 12.1 Å². The smallest absolute Gasteiger partial charge is 0.387 e. The van der Waals surface area contributed by atoms with Crippen molar-refractivity contribution in [3.8, 4) is 5.75 Å². The normalized spacial score (nSPS) is 17.1. The van der Waals surface area contributed by atoms with E-state index in [9.17, 15) is 8.78 Å². The minimum Gasteiger partial charge on any atom is -0.434 e. The SMILES string of the molecule is FC(F)Oc1cccc(Cl)c1[C@H]1CC[n+]2ccc(Br)cc21. The van der Waals surface area contributed by atoms with Crippen LogP contribution in [0.25, 0.3) is 0 Å². The fourth-order valence-corrected chi connectivity index (χ4v) is 3.44. The molecule has 110 valence electrons. The zero-order valence-corrected chi connectivity index (χ0v) is 13.2. The lowest BCUT2D eigenvalue weighted by atomic mass is 9.93. The number of aromatic nitrogens is 1. The predicted molar refractivity (Wildman–Crippen MR) is 78.9 cm³/mol. The largest absolute Gasteiger partial charge is 0.434 e. The third kappa shape index (κ3) is 2.90. The Hall–Kier alpha value is -1.20. The minimum absolute atomic E-state index is 0.0510. The van der Waals surface area contributed by atoms with E-state index < -0.39 is 6.61 Å². The number of aryl methyl sites for hydroxylation is 1. The molecule has 0 unspecified atom stereocenters. The Morgan fingerprint density at radius 1 is 1.33 bits per heavy atom. The first-order chi connectivity index (χ1) is 10.1. The molecule has 0 saturated carbocycles. The molecule has 0 aliphatic carbocycles. The second-order valence-electron chi connectivity index (χ2n) is 4.83. The number of ether oxygens (including phenoxy) is 1. The highest BCUT2D eigenvalue weighted by atomic mass is 79.9. The van der Waals surface area contributed by atoms with Gasteiger partial charge in [0.25, 0.3) is 0 Å². The van der Waals surface area contributed by atoms with Crippen molar-refractivity contribution < 1.29 is 18.1 Å². The molecule has 0 fully saturated rings. The Balaban J connectivity index is 2.08. The lowest BCUT2D eigenvalue weighted by Crippen LogP contribution is -2.32. The number of fused-ring (bicyclic) bond motifs is 1. The van der Waals surface area contributed by atoms with Crippen molar-refractivity contribution in [3.05, 3.63) is 57.3 Å². The second kappa shape index (κ2) is 5.89. The van der Waals surface area contributed by atoms with Gasteiger partial charge in [-0.2, -0.15) is 8.78 Å². The fraction of sp³-hybridized carbons (Fsp3) is 0.267. The van der Waals surface area contributed by atoms with Crippen LogP contribution in [-0.4, -0.2) is 6.61 Å². The molecule has 0 N–H and O–H groups in total. The Kier molecular flexibility index (Phi) is 4.13. The van der Waals surface area contributed by atoms with E-state index in [2.05, 4.69) is 25.2 Å². The highest BCUT2D eigenvalue weighted by Crippen LogP contribution is 2.41. The van der Waals surface area contributed by atoms with E-state index in [0.29, 0.717) is 10.6 Å². The third-order valence-corrected chi connectivity index (χ3v) is 4.45. The zero-order chi connectivity index (χ0) is 15.0. The van der Waals surface area contributed by atoms with Crippen LogP contribution in [0.1, 0.15) is 23.6 Å². The first-order valence-corrected chi connectivity index (χ1v) is 7.65. The maximum absolute atomic E-state index is 12.6. The molecule has 1 aliphatic rings. The number of benzene rings is 1. The van der Waals surface area contributed by atoms with Gasteiger partial charge in [-0.15, -0.1) is 0 Å². The van der Waals surface area contributed by atoms with Gasteiger partial charge in [0.05, 0.1) is 5.92 Å². The molecule has 1 atom stereocenters. The number of pyridine rings is 1. The van der Waals surface area contributed by atoms with Gasteiger partial charge in [0, 0.05) is 33.6 Å². The topological polar surface area (TPSA) is 13.1 Å². The molecule has 0 bridgehead atoms. The van der Waals surface area contributed by atoms with E-state index in [1.165, 1.54) is 6.07 Å². The van der Waals surface area contributed by atoms with Gasteiger partial charge in [0.15, 0.2) is 11.9 Å². The van der Waals surface area contributed by atoms with Gasteiger partial charge >= 0.3 is 6.61 Å². The average Bonchev–Trinajstić information content (AvgIpc) is 2.81. The van der Waals surface area contributed by atoms with Gasteiger partial charge in [-0.3, -0.25) is 0 Å². The minimum atomic E-state index is -2.86. The van der Waals surface area contributed by atoms with E-state index in [1.807, 2.05) is 18.3 Å². The average molecular weight is 376 g/mol. The number of nitrogens with zero attached hydrogens (tertiary/aromatic N) is 1. The number of hydrogen-bond donors (Lipinski definition) is 0. The van der Waals surface area contributed by atoms with Crippen molar-refractivity contribution in [2.75, 3.05) is 0 Å². The Labute approximate surface area is 134 Å². The Bertz CT molecular complexity index is 681. The Morgan fingerprint density at radius 2 is 2.14 bits per heavy atom. The molecular weight excluding hydrogens is 364 g/mol. The van der Waals surface area contributed by atoms with Crippen molar-refractivity contribution in [3.63, 3.8) is 0 Å². The summed E-state index contributed by atoms with van der Waals surface area (Å²) in [6, 6.07) is 8.81. The summed E-state index contributed by atoms with van der Waals surface area (Å²) < 4.78 is 32.9. The van der Waals surface area contributed by atoms with Crippen molar-refractivity contribution >= 4 is 27.5 Å². The fourth-order valence-electron chi connectivity index (χ4n) is 2.79. The standard InChI is InChI=1S/C15H12BrClF2NO/c16-9-4-6-20-7-5-10(12(20)8-9)14-11(17)2-1-3-13(14)21-15(18)19/h1-4,6,8,10,15H,5,7H2/q+1/t10-/m0/s1. The van der Waals surface area contributed by atoms with E-state index in [-0.39, 0.29) is 11.7 Å². The van der Waals surface area contributed by atoms with Crippen LogP contribution in [0.5, 0.6) is 5.75 Å². The second-order valence-corrected chi connectivity index (χ2v) is 6.16. The van der Waals surface area contributed by atoms with Crippen LogP contribution in [0.3, 0.4) is 0 Å². The van der Waals surface area contributed by atoms with Crippen molar-refractivity contribution in [2.45, 2.75) is 25.5 Å². The maximum Gasteiger partial charge on any atom is 0.387 e. The third-order valence-electron chi connectivity index (χ3n) is 3.62.